The van der Waals surface area contributed by atoms with Gasteiger partial charge in [0.1, 0.15) is 0 Å². The van der Waals surface area contributed by atoms with E-state index in [1.165, 1.54) is 0 Å². The Kier molecular flexibility index (Phi) is 7.18. The van der Waals surface area contributed by atoms with Crippen LogP contribution in [0.3, 0.4) is 0 Å². The van der Waals surface area contributed by atoms with Gasteiger partial charge in [-0.25, -0.2) is 4.79 Å². The normalized spacial score (nSPS) is 14.1. The van der Waals surface area contributed by atoms with E-state index in [0.29, 0.717) is 42.6 Å². The van der Waals surface area contributed by atoms with E-state index in [9.17, 15) is 14.4 Å². The monoisotopic (exact) mass is 460 g/mol. The molecular weight excluding hydrogens is 432 g/mol. The zero-order chi connectivity index (χ0) is 24.1. The van der Waals surface area contributed by atoms with Gasteiger partial charge in [-0.3, -0.25) is 19.5 Å². The van der Waals surface area contributed by atoms with Gasteiger partial charge in [0.15, 0.2) is 6.61 Å². The van der Waals surface area contributed by atoms with E-state index in [2.05, 4.69) is 10.3 Å². The smallest absolute Gasteiger partial charge is 0.339 e. The van der Waals surface area contributed by atoms with Gasteiger partial charge >= 0.3 is 5.97 Å². The summed E-state index contributed by atoms with van der Waals surface area (Å²) in [6.45, 7) is 6.00. The summed E-state index contributed by atoms with van der Waals surface area (Å²) < 4.78 is 5.30. The number of piperazine rings is 1. The van der Waals surface area contributed by atoms with E-state index in [1.807, 2.05) is 43.0 Å². The van der Waals surface area contributed by atoms with Crippen molar-refractivity contribution in [3.63, 3.8) is 0 Å². The number of rotatable bonds is 6. The Hall–Kier alpha value is -3.78. The number of carbonyl (C=O) groups is 3. The van der Waals surface area contributed by atoms with Gasteiger partial charge in [0, 0.05) is 43.4 Å². The van der Waals surface area contributed by atoms with E-state index in [0.717, 1.165) is 16.8 Å². The van der Waals surface area contributed by atoms with Crippen molar-refractivity contribution in [2.45, 2.75) is 13.8 Å². The molecule has 1 N–H and O–H groups in total. The third-order valence-electron chi connectivity index (χ3n) is 6.03. The Morgan fingerprint density at radius 2 is 1.65 bits per heavy atom. The first-order valence-electron chi connectivity index (χ1n) is 11.3. The molecule has 176 valence electrons. The number of nitrogens with one attached hydrogen (secondary N) is 1. The van der Waals surface area contributed by atoms with Gasteiger partial charge < -0.3 is 15.0 Å². The van der Waals surface area contributed by atoms with Crippen molar-refractivity contribution in [3.05, 3.63) is 71.4 Å². The molecule has 1 aromatic heterocycles. The maximum atomic E-state index is 12.6. The van der Waals surface area contributed by atoms with Crippen molar-refractivity contribution in [2.24, 2.45) is 0 Å². The third-order valence-corrected chi connectivity index (χ3v) is 6.03. The standard InChI is InChI=1S/C26H28N4O4/c1-18-6-3-7-19(2)25(18)28-23(31)16-29-12-14-30(15-13-29)24(32)17-34-26(33)21-8-4-10-22-20(21)9-5-11-27-22/h3-11H,12-17H2,1-2H3,(H,28,31). The van der Waals surface area contributed by atoms with Gasteiger partial charge in [0.05, 0.1) is 17.6 Å². The molecule has 1 aliphatic heterocycles. The summed E-state index contributed by atoms with van der Waals surface area (Å²) in [7, 11) is 0. The maximum absolute atomic E-state index is 12.6. The summed E-state index contributed by atoms with van der Waals surface area (Å²) in [6, 6.07) is 14.7. The van der Waals surface area contributed by atoms with Crippen LogP contribution >= 0.6 is 0 Å². The first-order valence-corrected chi connectivity index (χ1v) is 11.3. The van der Waals surface area contributed by atoms with E-state index in [4.69, 9.17) is 4.74 Å². The average molecular weight is 461 g/mol. The number of para-hydroxylation sites is 1. The first-order chi connectivity index (χ1) is 16.4. The summed E-state index contributed by atoms with van der Waals surface area (Å²) in [5.74, 6) is -0.865. The molecule has 0 aliphatic carbocycles. The highest BCUT2D eigenvalue weighted by Gasteiger charge is 2.24. The molecule has 8 nitrogen and oxygen atoms in total. The average Bonchev–Trinajstić information content (AvgIpc) is 2.85. The number of aryl methyl sites for hydroxylation is 2. The van der Waals surface area contributed by atoms with E-state index in [-0.39, 0.29) is 25.0 Å². The molecule has 0 atom stereocenters. The number of fused-ring (bicyclic) bond motifs is 1. The fourth-order valence-electron chi connectivity index (χ4n) is 4.13. The van der Waals surface area contributed by atoms with Crippen molar-refractivity contribution < 1.29 is 19.1 Å². The van der Waals surface area contributed by atoms with Crippen LogP contribution in [0.2, 0.25) is 0 Å². The van der Waals surface area contributed by atoms with Crippen LogP contribution in [0.25, 0.3) is 10.9 Å². The topological polar surface area (TPSA) is 91.8 Å². The van der Waals surface area contributed by atoms with Gasteiger partial charge in [0.2, 0.25) is 5.91 Å². The van der Waals surface area contributed by atoms with Crippen LogP contribution in [0.1, 0.15) is 21.5 Å². The Balaban J connectivity index is 1.24. The lowest BCUT2D eigenvalue weighted by Crippen LogP contribution is -2.51. The minimum Gasteiger partial charge on any atom is -0.452 e. The molecule has 0 saturated carbocycles. The van der Waals surface area contributed by atoms with E-state index < -0.39 is 5.97 Å². The second-order valence-corrected chi connectivity index (χ2v) is 8.42. The zero-order valence-corrected chi connectivity index (χ0v) is 19.4. The molecule has 0 spiro atoms. The van der Waals surface area contributed by atoms with Crippen LogP contribution < -0.4 is 5.32 Å². The number of benzene rings is 2. The highest BCUT2D eigenvalue weighted by Crippen LogP contribution is 2.20. The van der Waals surface area contributed by atoms with Crippen molar-refractivity contribution in [3.8, 4) is 0 Å². The number of amides is 2. The van der Waals surface area contributed by atoms with E-state index >= 15 is 0 Å². The largest absolute Gasteiger partial charge is 0.452 e. The number of ether oxygens (including phenoxy) is 1. The molecule has 3 aromatic rings. The number of hydrogen-bond donors (Lipinski definition) is 1. The highest BCUT2D eigenvalue weighted by molar-refractivity contribution is 6.03. The predicted molar refractivity (Wildman–Crippen MR) is 130 cm³/mol. The van der Waals surface area contributed by atoms with Crippen molar-refractivity contribution in [1.29, 1.82) is 0 Å². The molecular formula is C26H28N4O4. The molecule has 0 radical (unpaired) electrons. The van der Waals surface area contributed by atoms with Crippen LogP contribution in [0.15, 0.2) is 54.7 Å². The predicted octanol–water partition coefficient (Wildman–Crippen LogP) is 2.79. The summed E-state index contributed by atoms with van der Waals surface area (Å²) in [5.41, 5.74) is 3.99. The molecule has 1 aliphatic rings. The Morgan fingerprint density at radius 3 is 2.38 bits per heavy atom. The van der Waals surface area contributed by atoms with Crippen molar-refractivity contribution in [2.75, 3.05) is 44.6 Å². The second-order valence-electron chi connectivity index (χ2n) is 8.42. The number of hydrogen-bond acceptors (Lipinski definition) is 6. The lowest BCUT2D eigenvalue weighted by molar-refractivity contribution is -0.136. The van der Waals surface area contributed by atoms with Crippen LogP contribution in [-0.2, 0) is 14.3 Å². The van der Waals surface area contributed by atoms with Crippen molar-refractivity contribution in [1.82, 2.24) is 14.8 Å². The summed E-state index contributed by atoms with van der Waals surface area (Å²) in [4.78, 5) is 45.6. The Bertz CT molecular complexity index is 1190. The van der Waals surface area contributed by atoms with E-state index in [1.54, 1.807) is 35.4 Å². The van der Waals surface area contributed by atoms with Gasteiger partial charge in [-0.15, -0.1) is 0 Å². The Labute approximate surface area is 198 Å². The van der Waals surface area contributed by atoms with Gasteiger partial charge in [-0.1, -0.05) is 30.3 Å². The number of nitrogens with zero attached hydrogens (tertiary/aromatic N) is 3. The van der Waals surface area contributed by atoms with Crippen LogP contribution in [-0.4, -0.2) is 71.9 Å². The summed E-state index contributed by atoms with van der Waals surface area (Å²) in [5, 5.41) is 3.69. The molecule has 0 bridgehead atoms. The fraction of sp³-hybridized carbons (Fsp3) is 0.308. The molecule has 8 heteroatoms. The lowest BCUT2D eigenvalue weighted by Gasteiger charge is -2.34. The fourth-order valence-corrected chi connectivity index (χ4v) is 4.13. The molecule has 0 unspecified atom stereocenters. The van der Waals surface area contributed by atoms with Gasteiger partial charge in [-0.2, -0.15) is 0 Å². The number of esters is 1. The molecule has 2 heterocycles. The van der Waals surface area contributed by atoms with Crippen molar-refractivity contribution >= 4 is 34.4 Å². The number of aromatic nitrogens is 1. The summed E-state index contributed by atoms with van der Waals surface area (Å²) in [6.07, 6.45) is 1.66. The SMILES string of the molecule is Cc1cccc(C)c1NC(=O)CN1CCN(C(=O)COC(=O)c2cccc3ncccc23)CC1. The molecule has 4 rings (SSSR count). The third kappa shape index (κ3) is 5.40. The molecule has 2 aromatic carbocycles. The molecule has 34 heavy (non-hydrogen) atoms. The van der Waals surface area contributed by atoms with Gasteiger partial charge in [0.25, 0.3) is 5.91 Å². The highest BCUT2D eigenvalue weighted by atomic mass is 16.5. The number of pyridine rings is 1. The molecule has 1 fully saturated rings. The summed E-state index contributed by atoms with van der Waals surface area (Å²) >= 11 is 0. The zero-order valence-electron chi connectivity index (χ0n) is 19.4. The minimum absolute atomic E-state index is 0.0734. The molecule has 2 amide bonds. The lowest BCUT2D eigenvalue weighted by atomic mass is 10.1. The quantitative estimate of drug-likeness (QED) is 0.569. The minimum atomic E-state index is -0.547. The molecule has 1 saturated heterocycles. The van der Waals surface area contributed by atoms with Crippen LogP contribution in [0.4, 0.5) is 5.69 Å². The van der Waals surface area contributed by atoms with Crippen LogP contribution in [0.5, 0.6) is 0 Å². The number of anilines is 1. The number of carbonyl (C=O) groups excluding carboxylic acids is 3. The first kappa shape index (κ1) is 23.4. The Morgan fingerprint density at radius 1 is 0.941 bits per heavy atom. The second kappa shape index (κ2) is 10.4. The van der Waals surface area contributed by atoms with Gasteiger partial charge in [-0.05, 0) is 43.2 Å². The maximum Gasteiger partial charge on any atom is 0.339 e. The van der Waals surface area contributed by atoms with Crippen LogP contribution in [0, 0.1) is 13.8 Å².